The first-order valence-corrected chi connectivity index (χ1v) is 19.2. The highest BCUT2D eigenvalue weighted by molar-refractivity contribution is 7.88. The fourth-order valence-electron chi connectivity index (χ4n) is 6.84. The van der Waals surface area contributed by atoms with Crippen LogP contribution in [0.1, 0.15) is 62.6 Å². The second kappa shape index (κ2) is 15.7. The lowest BCUT2D eigenvalue weighted by Crippen LogP contribution is -2.61. The topological polar surface area (TPSA) is 131 Å². The fraction of sp³-hybridized carbons (Fsp3) is 0.459. The maximum atomic E-state index is 15.5. The Morgan fingerprint density at radius 2 is 1.67 bits per heavy atom. The van der Waals surface area contributed by atoms with E-state index in [9.17, 15) is 26.8 Å². The first-order valence-electron chi connectivity index (χ1n) is 17.0. The van der Waals surface area contributed by atoms with Crippen molar-refractivity contribution in [1.82, 2.24) is 9.21 Å². The highest BCUT2D eigenvalue weighted by atomic mass is 35.5. The van der Waals surface area contributed by atoms with Gasteiger partial charge in [-0.1, -0.05) is 29.8 Å². The van der Waals surface area contributed by atoms with Gasteiger partial charge in [-0.15, -0.1) is 0 Å². The van der Waals surface area contributed by atoms with Crippen LogP contribution in [0.25, 0.3) is 0 Å². The molecule has 52 heavy (non-hydrogen) atoms. The molecular weight excluding hydrogens is 721 g/mol. The van der Waals surface area contributed by atoms with Gasteiger partial charge in [-0.3, -0.25) is 4.79 Å². The number of hydrogen-bond acceptors (Lipinski definition) is 7. The molecule has 2 aliphatic rings. The highest BCUT2D eigenvalue weighted by Gasteiger charge is 2.46. The zero-order chi connectivity index (χ0) is 38.0. The van der Waals surface area contributed by atoms with Gasteiger partial charge in [0.25, 0.3) is 0 Å². The van der Waals surface area contributed by atoms with Crippen molar-refractivity contribution in [2.45, 2.75) is 75.7 Å². The van der Waals surface area contributed by atoms with Crippen LogP contribution in [0.3, 0.4) is 0 Å². The third-order valence-electron chi connectivity index (χ3n) is 9.30. The van der Waals surface area contributed by atoms with E-state index in [-0.39, 0.29) is 55.8 Å². The van der Waals surface area contributed by atoms with Gasteiger partial charge >= 0.3 is 6.09 Å². The highest BCUT2D eigenvalue weighted by Crippen LogP contribution is 2.36. The van der Waals surface area contributed by atoms with E-state index in [0.29, 0.717) is 23.4 Å². The van der Waals surface area contributed by atoms with E-state index in [4.69, 9.17) is 26.8 Å². The average Bonchev–Trinajstić information content (AvgIpc) is 3.04. The molecule has 282 valence electrons. The SMILES string of the molecule is CC(C)(C)OC(=O)N1CC(CCc2c(F)cccc2NC(=O)[C@@H](N)[C@@H](c2ccc(Cl)cc2)c2cc(F)cc(F)c2)OC2(CCN(S(C)(=O)=O)CC2)C1. The molecule has 2 aliphatic heterocycles. The van der Waals surface area contributed by atoms with Crippen LogP contribution in [0.5, 0.6) is 0 Å². The number of hydrogen-bond donors (Lipinski definition) is 2. The van der Waals surface area contributed by atoms with Crippen molar-refractivity contribution in [1.29, 1.82) is 0 Å². The maximum Gasteiger partial charge on any atom is 0.410 e. The Morgan fingerprint density at radius 3 is 2.27 bits per heavy atom. The molecule has 0 saturated carbocycles. The molecule has 0 radical (unpaired) electrons. The van der Waals surface area contributed by atoms with Crippen molar-refractivity contribution in [3.63, 3.8) is 0 Å². The summed E-state index contributed by atoms with van der Waals surface area (Å²) in [6, 6.07) is 12.2. The third kappa shape index (κ3) is 9.84. The van der Waals surface area contributed by atoms with Gasteiger partial charge in [-0.25, -0.2) is 30.7 Å². The number of anilines is 1. The van der Waals surface area contributed by atoms with Crippen LogP contribution >= 0.6 is 11.6 Å². The lowest BCUT2D eigenvalue weighted by molar-refractivity contribution is -0.169. The molecule has 0 aromatic heterocycles. The number of carbonyl (C=O) groups is 2. The number of rotatable bonds is 9. The van der Waals surface area contributed by atoms with Gasteiger partial charge in [0.15, 0.2) is 0 Å². The summed E-state index contributed by atoms with van der Waals surface area (Å²) < 4.78 is 82.2. The second-order valence-corrected chi connectivity index (χ2v) is 16.9. The summed E-state index contributed by atoms with van der Waals surface area (Å²) in [6.07, 6.45) is 1.06. The number of amides is 2. The van der Waals surface area contributed by atoms with Crippen LogP contribution in [0.15, 0.2) is 60.7 Å². The van der Waals surface area contributed by atoms with E-state index >= 15 is 4.39 Å². The second-order valence-electron chi connectivity index (χ2n) is 14.5. The maximum absolute atomic E-state index is 15.5. The van der Waals surface area contributed by atoms with E-state index in [1.807, 2.05) is 0 Å². The Morgan fingerprint density at radius 1 is 1.04 bits per heavy atom. The average molecular weight is 765 g/mol. The molecule has 3 N–H and O–H groups in total. The fourth-order valence-corrected chi connectivity index (χ4v) is 7.81. The normalized spacial score (nSPS) is 19.2. The van der Waals surface area contributed by atoms with Crippen LogP contribution in [0.2, 0.25) is 5.02 Å². The summed E-state index contributed by atoms with van der Waals surface area (Å²) in [5.41, 5.74) is 5.83. The Kier molecular flexibility index (Phi) is 12.0. The Labute approximate surface area is 307 Å². The monoisotopic (exact) mass is 764 g/mol. The van der Waals surface area contributed by atoms with Gasteiger partial charge in [0.05, 0.1) is 37.1 Å². The molecule has 3 aromatic carbocycles. The predicted octanol–water partition coefficient (Wildman–Crippen LogP) is 6.22. The number of nitrogens with zero attached hydrogens (tertiary/aromatic N) is 2. The Bertz CT molecular complexity index is 1860. The molecule has 2 fully saturated rings. The number of nitrogens with two attached hydrogens (primary N) is 1. The molecular formula is C37H44ClF3N4O6S. The molecule has 3 atom stereocenters. The summed E-state index contributed by atoms with van der Waals surface area (Å²) in [5, 5.41) is 3.14. The van der Waals surface area contributed by atoms with Crippen LogP contribution in [0.4, 0.5) is 23.7 Å². The summed E-state index contributed by atoms with van der Waals surface area (Å²) in [7, 11) is -3.41. The lowest BCUT2D eigenvalue weighted by Gasteiger charge is -2.49. The smallest absolute Gasteiger partial charge is 0.410 e. The van der Waals surface area contributed by atoms with Crippen LogP contribution in [-0.2, 0) is 30.7 Å². The Balaban J connectivity index is 1.36. The molecule has 2 saturated heterocycles. The number of morpholine rings is 1. The minimum Gasteiger partial charge on any atom is -0.444 e. The molecule has 2 heterocycles. The van der Waals surface area contributed by atoms with E-state index in [1.165, 1.54) is 22.5 Å². The van der Waals surface area contributed by atoms with E-state index in [2.05, 4.69) is 5.32 Å². The zero-order valence-electron chi connectivity index (χ0n) is 29.5. The zero-order valence-corrected chi connectivity index (χ0v) is 31.1. The van der Waals surface area contributed by atoms with Gasteiger partial charge in [0, 0.05) is 41.3 Å². The summed E-state index contributed by atoms with van der Waals surface area (Å²) in [6.45, 7) is 6.08. The van der Waals surface area contributed by atoms with Crippen molar-refractivity contribution in [3.8, 4) is 0 Å². The number of ether oxygens (including phenoxy) is 2. The molecule has 2 amide bonds. The lowest BCUT2D eigenvalue weighted by atomic mass is 9.84. The summed E-state index contributed by atoms with van der Waals surface area (Å²) in [4.78, 5) is 28.6. The number of piperidine rings is 1. The van der Waals surface area contributed by atoms with Crippen LogP contribution < -0.4 is 11.1 Å². The van der Waals surface area contributed by atoms with Crippen LogP contribution in [0, 0.1) is 17.5 Å². The summed E-state index contributed by atoms with van der Waals surface area (Å²) in [5.74, 6) is -3.99. The van der Waals surface area contributed by atoms with Crippen molar-refractivity contribution < 1.29 is 40.7 Å². The quantitative estimate of drug-likeness (QED) is 0.265. The largest absolute Gasteiger partial charge is 0.444 e. The van der Waals surface area contributed by atoms with E-state index < -0.39 is 68.7 Å². The van der Waals surface area contributed by atoms with Gasteiger partial charge < -0.3 is 25.4 Å². The molecule has 1 unspecified atom stereocenters. The van der Waals surface area contributed by atoms with E-state index in [1.54, 1.807) is 49.9 Å². The van der Waals surface area contributed by atoms with Gasteiger partial charge in [-0.2, -0.15) is 0 Å². The molecule has 5 rings (SSSR count). The van der Waals surface area contributed by atoms with Gasteiger partial charge in [-0.05, 0) is 94.0 Å². The number of nitrogens with one attached hydrogen (secondary N) is 1. The molecule has 3 aromatic rings. The Hall–Kier alpha value is -3.69. The van der Waals surface area contributed by atoms with E-state index in [0.717, 1.165) is 24.5 Å². The van der Waals surface area contributed by atoms with Crippen molar-refractivity contribution in [3.05, 3.63) is 99.8 Å². The molecule has 15 heteroatoms. The minimum atomic E-state index is -3.41. The van der Waals surface area contributed by atoms with Crippen molar-refractivity contribution in [2.24, 2.45) is 5.73 Å². The predicted molar refractivity (Wildman–Crippen MR) is 192 cm³/mol. The third-order valence-corrected chi connectivity index (χ3v) is 10.9. The van der Waals surface area contributed by atoms with Crippen LogP contribution in [-0.4, -0.2) is 85.4 Å². The first kappa shape index (κ1) is 39.5. The molecule has 0 bridgehead atoms. The number of sulfonamides is 1. The first-order chi connectivity index (χ1) is 24.3. The van der Waals surface area contributed by atoms with Crippen molar-refractivity contribution >= 4 is 39.3 Å². The number of carbonyl (C=O) groups excluding carboxylic acids is 2. The van der Waals surface area contributed by atoms with Gasteiger partial charge in [0.2, 0.25) is 15.9 Å². The summed E-state index contributed by atoms with van der Waals surface area (Å²) >= 11 is 6.07. The standard InChI is InChI=1S/C37H44ClF3N4O6S/c1-36(2,3)51-35(47)44-21-28(50-37(22-44)14-16-45(17-15-37)52(4,48)49)12-13-29-30(41)6-5-7-31(29)43-34(46)33(42)32(23-8-10-25(38)11-9-23)24-18-26(39)20-27(40)19-24/h5-11,18-20,28,32-33H,12-17,21-22,42H2,1-4H3,(H,43,46)/t28?,32-,33-/m0/s1. The minimum absolute atomic E-state index is 0.0889. The van der Waals surface area contributed by atoms with Gasteiger partial charge in [0.1, 0.15) is 23.1 Å². The van der Waals surface area contributed by atoms with Crippen molar-refractivity contribution in [2.75, 3.05) is 37.8 Å². The molecule has 0 aliphatic carbocycles. The molecule has 1 spiro atoms. The number of halogens is 4. The molecule has 10 nitrogen and oxygen atoms in total. The number of benzene rings is 3.